The van der Waals surface area contributed by atoms with E-state index in [4.69, 9.17) is 9.47 Å². The molecule has 0 radical (unpaired) electrons. The highest BCUT2D eigenvalue weighted by atomic mass is 79.9. The van der Waals surface area contributed by atoms with Gasteiger partial charge in [-0.3, -0.25) is 9.59 Å². The minimum Gasteiger partial charge on any atom is -0.493 e. The number of allylic oxidation sites excluding steroid dienone is 1. The van der Waals surface area contributed by atoms with Crippen molar-refractivity contribution in [3.8, 4) is 11.5 Å². The van der Waals surface area contributed by atoms with Crippen molar-refractivity contribution in [2.75, 3.05) is 25.6 Å². The number of benzene rings is 2. The Morgan fingerprint density at radius 2 is 1.93 bits per heavy atom. The maximum absolute atomic E-state index is 12.1. The zero-order valence-corrected chi connectivity index (χ0v) is 18.2. The van der Waals surface area contributed by atoms with Crippen molar-refractivity contribution < 1.29 is 19.1 Å². The first-order valence-corrected chi connectivity index (χ1v) is 9.95. The molecule has 0 atom stereocenters. The first-order chi connectivity index (χ1) is 13.9. The summed E-state index contributed by atoms with van der Waals surface area (Å²) in [5.41, 5.74) is 2.75. The Morgan fingerprint density at radius 1 is 1.14 bits per heavy atom. The molecule has 0 aliphatic heterocycles. The van der Waals surface area contributed by atoms with Crippen LogP contribution in [0.3, 0.4) is 0 Å². The lowest BCUT2D eigenvalue weighted by Crippen LogP contribution is -2.31. The van der Waals surface area contributed by atoms with Gasteiger partial charge in [-0.25, -0.2) is 0 Å². The molecule has 0 unspecified atom stereocenters. The Balaban J connectivity index is 1.76. The minimum atomic E-state index is -0.311. The predicted molar refractivity (Wildman–Crippen MR) is 118 cm³/mol. The summed E-state index contributed by atoms with van der Waals surface area (Å²) >= 11 is 3.38. The van der Waals surface area contributed by atoms with E-state index in [9.17, 15) is 9.59 Å². The normalized spacial score (nSPS) is 10.2. The summed E-state index contributed by atoms with van der Waals surface area (Å²) in [6.45, 7) is 5.68. The highest BCUT2D eigenvalue weighted by Gasteiger charge is 2.10. The van der Waals surface area contributed by atoms with Gasteiger partial charge in [0.25, 0.3) is 5.91 Å². The fraction of sp³-hybridized carbons (Fsp3) is 0.273. The predicted octanol–water partition coefficient (Wildman–Crippen LogP) is 4.02. The van der Waals surface area contributed by atoms with Gasteiger partial charge in [-0.15, -0.1) is 6.58 Å². The van der Waals surface area contributed by atoms with Gasteiger partial charge in [0, 0.05) is 23.1 Å². The van der Waals surface area contributed by atoms with E-state index < -0.39 is 0 Å². The zero-order chi connectivity index (χ0) is 21.2. The highest BCUT2D eigenvalue weighted by Crippen LogP contribution is 2.28. The molecule has 29 heavy (non-hydrogen) atoms. The standard InChI is InChI=1S/C22H25BrN2O4/c1-4-5-16-7-9-19(20(12-16)28-3)29-14-22(27)24-11-10-21(26)25-18-13-17(23)8-6-15(18)2/h4,6-9,12-13H,1,5,10-11,14H2,2-3H3,(H,24,27)(H,25,26). The van der Waals surface area contributed by atoms with E-state index in [0.717, 1.165) is 27.7 Å². The van der Waals surface area contributed by atoms with Crippen LogP contribution in [0.5, 0.6) is 11.5 Å². The number of rotatable bonds is 10. The molecule has 2 N–H and O–H groups in total. The largest absolute Gasteiger partial charge is 0.493 e. The first kappa shape index (κ1) is 22.5. The van der Waals surface area contributed by atoms with Gasteiger partial charge in [0.15, 0.2) is 18.1 Å². The molecular weight excluding hydrogens is 436 g/mol. The summed E-state index contributed by atoms with van der Waals surface area (Å²) in [5.74, 6) is 0.555. The van der Waals surface area contributed by atoms with Gasteiger partial charge in [-0.05, 0) is 48.7 Å². The van der Waals surface area contributed by atoms with Crippen molar-refractivity contribution in [3.05, 3.63) is 64.7 Å². The lowest BCUT2D eigenvalue weighted by Gasteiger charge is -2.12. The van der Waals surface area contributed by atoms with Crippen LogP contribution >= 0.6 is 15.9 Å². The van der Waals surface area contributed by atoms with Crippen LogP contribution in [0.15, 0.2) is 53.5 Å². The molecule has 2 aromatic rings. The molecule has 0 aliphatic rings. The molecule has 0 aromatic heterocycles. The van der Waals surface area contributed by atoms with E-state index in [1.165, 1.54) is 0 Å². The van der Waals surface area contributed by atoms with Gasteiger partial charge < -0.3 is 20.1 Å². The van der Waals surface area contributed by atoms with Crippen molar-refractivity contribution in [1.29, 1.82) is 0 Å². The number of nitrogens with one attached hydrogen (secondary N) is 2. The highest BCUT2D eigenvalue weighted by molar-refractivity contribution is 9.10. The summed E-state index contributed by atoms with van der Waals surface area (Å²) in [6, 6.07) is 11.2. The van der Waals surface area contributed by atoms with E-state index in [2.05, 4.69) is 33.1 Å². The molecule has 6 nitrogen and oxygen atoms in total. The minimum absolute atomic E-state index is 0.163. The van der Waals surface area contributed by atoms with Crippen molar-refractivity contribution in [1.82, 2.24) is 5.32 Å². The van der Waals surface area contributed by atoms with Crippen molar-refractivity contribution >= 4 is 33.4 Å². The first-order valence-electron chi connectivity index (χ1n) is 9.16. The molecule has 0 saturated carbocycles. The summed E-state index contributed by atoms with van der Waals surface area (Å²) in [6.07, 6.45) is 2.69. The quantitative estimate of drug-likeness (QED) is 0.524. The van der Waals surface area contributed by atoms with Gasteiger partial charge in [-0.1, -0.05) is 34.1 Å². The lowest BCUT2D eigenvalue weighted by molar-refractivity contribution is -0.123. The average molecular weight is 461 g/mol. The molecule has 0 aliphatic carbocycles. The number of carbonyl (C=O) groups excluding carboxylic acids is 2. The summed E-state index contributed by atoms with van der Waals surface area (Å²) in [5, 5.41) is 5.51. The van der Waals surface area contributed by atoms with Crippen LogP contribution in [0.1, 0.15) is 17.5 Å². The smallest absolute Gasteiger partial charge is 0.257 e. The topological polar surface area (TPSA) is 76.7 Å². The van der Waals surface area contributed by atoms with Crippen LogP contribution in [0.25, 0.3) is 0 Å². The molecule has 0 fully saturated rings. The van der Waals surface area contributed by atoms with Crippen LogP contribution < -0.4 is 20.1 Å². The second-order valence-electron chi connectivity index (χ2n) is 6.37. The Morgan fingerprint density at radius 3 is 2.66 bits per heavy atom. The Hall–Kier alpha value is -2.80. The van der Waals surface area contributed by atoms with E-state index in [-0.39, 0.29) is 31.4 Å². The number of hydrogen-bond donors (Lipinski definition) is 2. The van der Waals surface area contributed by atoms with Crippen molar-refractivity contribution in [3.63, 3.8) is 0 Å². The third-order valence-corrected chi connectivity index (χ3v) is 4.61. The third-order valence-electron chi connectivity index (χ3n) is 4.11. The number of anilines is 1. The number of carbonyl (C=O) groups is 2. The van der Waals surface area contributed by atoms with Gasteiger partial charge in [0.05, 0.1) is 7.11 Å². The van der Waals surface area contributed by atoms with Crippen LogP contribution in [-0.4, -0.2) is 32.1 Å². The van der Waals surface area contributed by atoms with Gasteiger partial charge in [-0.2, -0.15) is 0 Å². The van der Waals surface area contributed by atoms with Crippen molar-refractivity contribution in [2.45, 2.75) is 19.8 Å². The van der Waals surface area contributed by atoms with Gasteiger partial charge >= 0.3 is 0 Å². The monoisotopic (exact) mass is 460 g/mol. The van der Waals surface area contributed by atoms with Gasteiger partial charge in [0.2, 0.25) is 5.91 Å². The number of aryl methyl sites for hydroxylation is 1. The Bertz CT molecular complexity index is 883. The number of ether oxygens (including phenoxy) is 2. The fourth-order valence-corrected chi connectivity index (χ4v) is 2.94. The van der Waals surface area contributed by atoms with Gasteiger partial charge in [0.1, 0.15) is 0 Å². The van der Waals surface area contributed by atoms with Crippen molar-refractivity contribution in [2.24, 2.45) is 0 Å². The van der Waals surface area contributed by atoms with E-state index in [1.54, 1.807) is 19.3 Å². The second-order valence-corrected chi connectivity index (χ2v) is 7.29. The van der Waals surface area contributed by atoms with Crippen LogP contribution in [-0.2, 0) is 16.0 Å². The average Bonchev–Trinajstić information content (AvgIpc) is 2.70. The number of methoxy groups -OCH3 is 1. The van der Waals surface area contributed by atoms with E-state index in [1.807, 2.05) is 37.3 Å². The SMILES string of the molecule is C=CCc1ccc(OCC(=O)NCCC(=O)Nc2cc(Br)ccc2C)c(OC)c1. The molecule has 0 saturated heterocycles. The Labute approximate surface area is 179 Å². The molecule has 2 aromatic carbocycles. The summed E-state index contributed by atoms with van der Waals surface area (Å²) in [7, 11) is 1.55. The number of hydrogen-bond acceptors (Lipinski definition) is 4. The second kappa shape index (κ2) is 11.3. The van der Waals surface area contributed by atoms with Crippen LogP contribution in [0.2, 0.25) is 0 Å². The zero-order valence-electron chi connectivity index (χ0n) is 16.6. The van der Waals surface area contributed by atoms with E-state index in [0.29, 0.717) is 11.5 Å². The molecule has 154 valence electrons. The van der Waals surface area contributed by atoms with E-state index >= 15 is 0 Å². The number of halogens is 1. The Kier molecular flexibility index (Phi) is 8.73. The lowest BCUT2D eigenvalue weighted by atomic mass is 10.1. The molecular formula is C22H25BrN2O4. The maximum atomic E-state index is 12.1. The van der Waals surface area contributed by atoms with Crippen LogP contribution in [0, 0.1) is 6.92 Å². The third kappa shape index (κ3) is 7.27. The molecule has 2 rings (SSSR count). The number of amides is 2. The molecule has 0 bridgehead atoms. The molecule has 0 spiro atoms. The molecule has 7 heteroatoms. The summed E-state index contributed by atoms with van der Waals surface area (Å²) < 4.78 is 11.7. The maximum Gasteiger partial charge on any atom is 0.257 e. The molecule has 2 amide bonds. The fourth-order valence-electron chi connectivity index (χ4n) is 2.58. The molecule has 0 heterocycles. The summed E-state index contributed by atoms with van der Waals surface area (Å²) in [4.78, 5) is 24.1. The van der Waals surface area contributed by atoms with Crippen LogP contribution in [0.4, 0.5) is 5.69 Å².